The van der Waals surface area contributed by atoms with E-state index in [0.29, 0.717) is 11.8 Å². The van der Waals surface area contributed by atoms with Crippen LogP contribution in [0.3, 0.4) is 0 Å². The van der Waals surface area contributed by atoms with E-state index < -0.39 is 20.0 Å². The average Bonchev–Trinajstić information content (AvgIpc) is 3.69. The van der Waals surface area contributed by atoms with Gasteiger partial charge in [-0.15, -0.1) is 0 Å². The first-order chi connectivity index (χ1) is 24.9. The first-order valence-corrected chi connectivity index (χ1v) is 30.1. The van der Waals surface area contributed by atoms with E-state index in [4.69, 9.17) is 0 Å². The monoisotopic (exact) mass is 908 g/mol. The maximum absolute atomic E-state index is 3.07. The molecule has 53 heavy (non-hydrogen) atoms. The van der Waals surface area contributed by atoms with Crippen LogP contribution in [0.1, 0.15) is 144 Å². The molecule has 0 bridgehead atoms. The van der Waals surface area contributed by atoms with Gasteiger partial charge in [-0.1, -0.05) is 0 Å². The molecule has 4 aromatic rings. The van der Waals surface area contributed by atoms with Crippen LogP contribution in [-0.4, -0.2) is 0 Å². The van der Waals surface area contributed by atoms with E-state index in [2.05, 4.69) is 125 Å². The molecule has 1 saturated heterocycles. The van der Waals surface area contributed by atoms with Gasteiger partial charge in [-0.25, -0.2) is 0 Å². The molecule has 1 aliphatic heterocycles. The van der Waals surface area contributed by atoms with Gasteiger partial charge in [0.05, 0.1) is 0 Å². The standard InChI is InChI=1S/2C24H27.C2H4.2ClH.Hf/c2*1-17(2)18-11-13-20(14-12-18)23-10-6-9-21-15-22(16-24(21)23)19-7-4-3-5-8-19;1-2;;;/h2*6,9-17,19H,3-5,7-8H2,1-2H3;1-2H2;2*1H;/q;;;;;+2/p-2. The van der Waals surface area contributed by atoms with E-state index in [1.165, 1.54) is 97.6 Å². The predicted octanol–water partition coefficient (Wildman–Crippen LogP) is 9.02. The number of benzene rings is 4. The largest absolute Gasteiger partial charge is 1.00 e. The fourth-order valence-electron chi connectivity index (χ4n) is 11.2. The van der Waals surface area contributed by atoms with Crippen molar-refractivity contribution >= 4 is 12.2 Å². The van der Waals surface area contributed by atoms with Crippen molar-refractivity contribution in [2.24, 2.45) is 11.8 Å². The minimum atomic E-state index is -3.07. The van der Waals surface area contributed by atoms with Crippen LogP contribution >= 0.6 is 0 Å². The molecule has 1 heterocycles. The Morgan fingerprint density at radius 1 is 0.472 bits per heavy atom. The quantitative estimate of drug-likeness (QED) is 0.155. The van der Waals surface area contributed by atoms with Gasteiger partial charge in [0.2, 0.25) is 0 Å². The van der Waals surface area contributed by atoms with E-state index in [0.717, 1.165) is 19.2 Å². The van der Waals surface area contributed by atoms with Crippen molar-refractivity contribution in [1.82, 2.24) is 0 Å². The van der Waals surface area contributed by atoms with Crippen LogP contribution in [0, 0.1) is 11.8 Å². The Hall–Kier alpha value is -2.19. The number of allylic oxidation sites excluding steroid dienone is 2. The van der Waals surface area contributed by atoms with Crippen molar-refractivity contribution in [3.63, 3.8) is 0 Å². The van der Waals surface area contributed by atoms with Crippen molar-refractivity contribution in [3.05, 3.63) is 129 Å². The zero-order chi connectivity index (χ0) is 34.7. The maximum atomic E-state index is 2.80. The first-order valence-electron chi connectivity index (χ1n) is 20.8. The van der Waals surface area contributed by atoms with Gasteiger partial charge in [-0.05, 0) is 0 Å². The molecule has 3 heteroatoms. The third-order valence-electron chi connectivity index (χ3n) is 14.1. The van der Waals surface area contributed by atoms with Crippen LogP contribution in [-0.2, 0) is 20.0 Å². The number of hydrogen-bond donors (Lipinski definition) is 0. The van der Waals surface area contributed by atoms with Gasteiger partial charge < -0.3 is 24.8 Å². The molecular weight excluding hydrogens is 850 g/mol. The molecule has 4 aromatic carbocycles. The van der Waals surface area contributed by atoms with Crippen LogP contribution in [0.25, 0.3) is 34.4 Å². The molecule has 0 N–H and O–H groups in total. The van der Waals surface area contributed by atoms with E-state index in [-0.39, 0.29) is 24.8 Å². The van der Waals surface area contributed by atoms with Crippen LogP contribution < -0.4 is 24.8 Å². The normalized spacial score (nSPS) is 21.5. The van der Waals surface area contributed by atoms with Crippen LogP contribution in [0.15, 0.2) is 96.1 Å². The van der Waals surface area contributed by atoms with Crippen LogP contribution in [0.4, 0.5) is 0 Å². The molecule has 0 radical (unpaired) electrons. The van der Waals surface area contributed by atoms with E-state index in [1.807, 2.05) is 11.1 Å². The molecule has 2 unspecified atom stereocenters. The third-order valence-corrected chi connectivity index (χ3v) is 32.9. The molecule has 3 fully saturated rings. The second-order valence-electron chi connectivity index (χ2n) is 17.7. The summed E-state index contributed by atoms with van der Waals surface area (Å²) >= 11 is -3.07. The number of rotatable bonds is 8. The minimum absolute atomic E-state index is 0. The first kappa shape index (κ1) is 39.1. The van der Waals surface area contributed by atoms with Gasteiger partial charge in [0.15, 0.2) is 0 Å². The summed E-state index contributed by atoms with van der Waals surface area (Å²) in [6.45, 7) is 9.24. The summed E-state index contributed by atoms with van der Waals surface area (Å²) in [4.78, 5) is 0. The molecule has 0 spiro atoms. The molecule has 0 amide bonds. The number of halogens is 2. The SMILES string of the molecule is CC(C)c1ccc(-c2cccc3c2C=C(C2CCCCC2)[CH]3[Hf+2]2([CH]3C(C4CCCCC4)=Cc4c(-c5ccc(C(C)C)cc5)cccc43)[CH2][CH2]2)cc1.[Cl-].[Cl-]. The molecule has 4 aliphatic carbocycles. The Balaban J connectivity index is 0.00000218. The van der Waals surface area contributed by atoms with Gasteiger partial charge in [-0.2, -0.15) is 0 Å². The minimum Gasteiger partial charge on any atom is -1.00 e. The molecular formula is C50H58Cl2Hf. The molecule has 2 atom stereocenters. The molecule has 2 saturated carbocycles. The number of fused-ring (bicyclic) bond motifs is 2. The summed E-state index contributed by atoms with van der Waals surface area (Å²) in [5.41, 5.74) is 19.1. The van der Waals surface area contributed by atoms with Gasteiger partial charge in [0, 0.05) is 0 Å². The van der Waals surface area contributed by atoms with Crippen molar-refractivity contribution in [3.8, 4) is 22.3 Å². The summed E-state index contributed by atoms with van der Waals surface area (Å²) < 4.78 is 4.61. The van der Waals surface area contributed by atoms with Crippen LogP contribution in [0.5, 0.6) is 0 Å². The van der Waals surface area contributed by atoms with Gasteiger partial charge in [0.1, 0.15) is 0 Å². The Bertz CT molecular complexity index is 1820. The van der Waals surface area contributed by atoms with Crippen LogP contribution in [0.2, 0.25) is 8.35 Å². The molecule has 5 aliphatic rings. The summed E-state index contributed by atoms with van der Waals surface area (Å²) in [7, 11) is 0. The Labute approximate surface area is 337 Å². The molecule has 0 nitrogen and oxygen atoms in total. The maximum Gasteiger partial charge on any atom is -1.00 e. The zero-order valence-electron chi connectivity index (χ0n) is 32.4. The second-order valence-corrected chi connectivity index (χ2v) is 34.3. The Kier molecular flexibility index (Phi) is 11.9. The topological polar surface area (TPSA) is 0 Å². The fraction of sp³-hybridized carbons (Fsp3) is 0.440. The smallest absolute Gasteiger partial charge is 1.00 e. The van der Waals surface area contributed by atoms with E-state index in [9.17, 15) is 0 Å². The summed E-state index contributed by atoms with van der Waals surface area (Å²) in [5.74, 6) is 2.68. The Morgan fingerprint density at radius 3 is 1.19 bits per heavy atom. The summed E-state index contributed by atoms with van der Waals surface area (Å²) in [6.07, 6.45) is 19.7. The third kappa shape index (κ3) is 7.08. The van der Waals surface area contributed by atoms with Crippen molar-refractivity contribution < 1.29 is 44.8 Å². The predicted molar refractivity (Wildman–Crippen MR) is 216 cm³/mol. The van der Waals surface area contributed by atoms with E-state index >= 15 is 0 Å². The van der Waals surface area contributed by atoms with Gasteiger partial charge in [-0.3, -0.25) is 0 Å². The molecule has 9 rings (SSSR count). The van der Waals surface area contributed by atoms with Gasteiger partial charge >= 0.3 is 315 Å². The summed E-state index contributed by atoms with van der Waals surface area (Å²) in [5, 5.41) is 0. The van der Waals surface area contributed by atoms with Gasteiger partial charge in [0.25, 0.3) is 0 Å². The Morgan fingerprint density at radius 2 is 0.849 bits per heavy atom. The summed E-state index contributed by atoms with van der Waals surface area (Å²) in [6, 6.07) is 34.1. The zero-order valence-corrected chi connectivity index (χ0v) is 37.5. The second kappa shape index (κ2) is 16.1. The number of hydrogen-bond acceptors (Lipinski definition) is 0. The van der Waals surface area contributed by atoms with Crippen molar-refractivity contribution in [2.45, 2.75) is 119 Å². The molecule has 276 valence electrons. The van der Waals surface area contributed by atoms with Crippen molar-refractivity contribution in [2.75, 3.05) is 0 Å². The molecule has 0 aromatic heterocycles. The van der Waals surface area contributed by atoms with E-state index in [1.54, 1.807) is 30.6 Å². The van der Waals surface area contributed by atoms with Crippen molar-refractivity contribution in [1.29, 1.82) is 0 Å². The average molecular weight is 908 g/mol. The fourth-order valence-corrected chi connectivity index (χ4v) is 39.4.